The van der Waals surface area contributed by atoms with Crippen molar-refractivity contribution in [2.24, 2.45) is 0 Å². The number of nitrogens with one attached hydrogen (secondary N) is 1. The number of aromatic amines is 1. The minimum absolute atomic E-state index is 0.538. The van der Waals surface area contributed by atoms with Gasteiger partial charge in [0.1, 0.15) is 0 Å². The topological polar surface area (TPSA) is 24.0 Å². The Hall–Kier alpha value is -1.29. The number of nitrogens with zero attached hydrogens (tertiary/aromatic N) is 2. The highest BCUT2D eigenvalue weighted by Gasteiger charge is 2.26. The molecule has 2 unspecified atom stereocenters. The van der Waals surface area contributed by atoms with Crippen LogP contribution in [0.1, 0.15) is 38.7 Å². The molecule has 1 aliphatic heterocycles. The summed E-state index contributed by atoms with van der Waals surface area (Å²) in [7, 11) is 0. The first-order valence-corrected chi connectivity index (χ1v) is 7.49. The molecule has 2 heterocycles. The third-order valence-corrected chi connectivity index (χ3v) is 4.47. The van der Waals surface area contributed by atoms with Crippen LogP contribution in [0.4, 0.5) is 0 Å². The predicted molar refractivity (Wildman–Crippen MR) is 82.9 cm³/mol. The van der Waals surface area contributed by atoms with Gasteiger partial charge in [0, 0.05) is 12.1 Å². The lowest BCUT2D eigenvalue weighted by atomic mass is 10.00. The van der Waals surface area contributed by atoms with Crippen LogP contribution in [0, 0.1) is 11.7 Å². The zero-order chi connectivity index (χ0) is 13.6. The first-order valence-electron chi connectivity index (χ1n) is 7.08. The first-order chi connectivity index (χ1) is 9.08. The number of imidazole rings is 1. The van der Waals surface area contributed by atoms with Crippen LogP contribution < -0.4 is 5.01 Å². The lowest BCUT2D eigenvalue weighted by Crippen LogP contribution is -2.50. The van der Waals surface area contributed by atoms with Crippen molar-refractivity contribution in [3.8, 4) is 0 Å². The summed E-state index contributed by atoms with van der Waals surface area (Å²) in [6, 6.07) is 7.57. The summed E-state index contributed by atoms with van der Waals surface area (Å²) in [6.45, 7) is 6.70. The molecular weight excluding hydrogens is 254 g/mol. The Labute approximate surface area is 119 Å². The largest absolute Gasteiger partial charge is 0.329 e. The fourth-order valence-corrected chi connectivity index (χ4v) is 3.55. The van der Waals surface area contributed by atoms with Gasteiger partial charge in [-0.2, -0.15) is 0 Å². The minimum atomic E-state index is 0.538. The number of H-pyrrole nitrogens is 1. The first kappa shape index (κ1) is 12.7. The van der Waals surface area contributed by atoms with E-state index < -0.39 is 0 Å². The van der Waals surface area contributed by atoms with Crippen LogP contribution in [0.25, 0.3) is 11.0 Å². The van der Waals surface area contributed by atoms with Gasteiger partial charge in [0.05, 0.1) is 11.0 Å². The van der Waals surface area contributed by atoms with Crippen LogP contribution in [-0.4, -0.2) is 21.7 Å². The Kier molecular flexibility index (Phi) is 3.13. The van der Waals surface area contributed by atoms with E-state index in [1.54, 1.807) is 0 Å². The second-order valence-electron chi connectivity index (χ2n) is 5.77. The van der Waals surface area contributed by atoms with Crippen molar-refractivity contribution in [3.63, 3.8) is 0 Å². The SMILES string of the molecule is Cc1ccc2c(c1)[nH]c(=S)n2N1C(C)CCCC1C. The van der Waals surface area contributed by atoms with E-state index in [2.05, 4.69) is 53.6 Å². The maximum absolute atomic E-state index is 5.55. The fourth-order valence-electron chi connectivity index (χ4n) is 3.24. The number of hydrogen-bond donors (Lipinski definition) is 1. The molecule has 1 saturated heterocycles. The summed E-state index contributed by atoms with van der Waals surface area (Å²) in [4.78, 5) is 3.34. The van der Waals surface area contributed by atoms with Crippen LogP contribution in [0.2, 0.25) is 0 Å². The standard InChI is InChI=1S/C15H21N3S/c1-10-7-8-14-13(9-10)16-15(19)18(14)17-11(2)5-4-6-12(17)3/h7-9,11-12H,4-6H2,1-3H3,(H,16,19). The van der Waals surface area contributed by atoms with E-state index >= 15 is 0 Å². The quantitative estimate of drug-likeness (QED) is 0.798. The lowest BCUT2D eigenvalue weighted by Gasteiger charge is -2.41. The molecule has 1 fully saturated rings. The Morgan fingerprint density at radius 3 is 2.58 bits per heavy atom. The molecule has 1 aromatic heterocycles. The van der Waals surface area contributed by atoms with Gasteiger partial charge < -0.3 is 9.99 Å². The summed E-state index contributed by atoms with van der Waals surface area (Å²) in [5.74, 6) is 0. The molecule has 0 radical (unpaired) electrons. The van der Waals surface area contributed by atoms with E-state index in [1.165, 1.54) is 30.3 Å². The number of rotatable bonds is 1. The highest BCUT2D eigenvalue weighted by atomic mass is 32.1. The molecule has 0 aliphatic carbocycles. The van der Waals surface area contributed by atoms with Crippen LogP contribution >= 0.6 is 12.2 Å². The maximum Gasteiger partial charge on any atom is 0.197 e. The van der Waals surface area contributed by atoms with Gasteiger partial charge in [0.2, 0.25) is 0 Å². The van der Waals surface area contributed by atoms with Gasteiger partial charge >= 0.3 is 0 Å². The van der Waals surface area contributed by atoms with Crippen LogP contribution in [0.5, 0.6) is 0 Å². The van der Waals surface area contributed by atoms with Crippen molar-refractivity contribution >= 4 is 23.3 Å². The summed E-state index contributed by atoms with van der Waals surface area (Å²) < 4.78 is 3.01. The Morgan fingerprint density at radius 1 is 1.21 bits per heavy atom. The van der Waals surface area contributed by atoms with Crippen LogP contribution in [0.15, 0.2) is 18.2 Å². The number of fused-ring (bicyclic) bond motifs is 1. The van der Waals surface area contributed by atoms with Gasteiger partial charge in [-0.1, -0.05) is 6.07 Å². The predicted octanol–water partition coefficient (Wildman–Crippen LogP) is 3.91. The molecule has 2 atom stereocenters. The van der Waals surface area contributed by atoms with E-state index in [4.69, 9.17) is 12.2 Å². The molecule has 0 amide bonds. The van der Waals surface area contributed by atoms with Crippen molar-refractivity contribution in [2.45, 2.75) is 52.1 Å². The average Bonchev–Trinajstić information content (AvgIpc) is 2.65. The minimum Gasteiger partial charge on any atom is -0.329 e. The monoisotopic (exact) mass is 275 g/mol. The summed E-state index contributed by atoms with van der Waals surface area (Å²) in [6.07, 6.45) is 3.79. The van der Waals surface area contributed by atoms with Gasteiger partial charge in [-0.25, -0.2) is 4.68 Å². The number of benzene rings is 1. The number of piperidine rings is 1. The van der Waals surface area contributed by atoms with Crippen molar-refractivity contribution in [3.05, 3.63) is 28.5 Å². The molecule has 2 aromatic rings. The molecule has 3 rings (SSSR count). The highest BCUT2D eigenvalue weighted by Crippen LogP contribution is 2.25. The number of aromatic nitrogens is 2. The smallest absolute Gasteiger partial charge is 0.197 e. The van der Waals surface area contributed by atoms with E-state index in [-0.39, 0.29) is 0 Å². The zero-order valence-corrected chi connectivity index (χ0v) is 12.6. The van der Waals surface area contributed by atoms with Crippen molar-refractivity contribution < 1.29 is 0 Å². The second kappa shape index (κ2) is 4.67. The van der Waals surface area contributed by atoms with Crippen LogP contribution in [0.3, 0.4) is 0 Å². The Morgan fingerprint density at radius 2 is 1.89 bits per heavy atom. The van der Waals surface area contributed by atoms with Gasteiger partial charge in [0.15, 0.2) is 4.77 Å². The van der Waals surface area contributed by atoms with Crippen molar-refractivity contribution in [1.82, 2.24) is 9.66 Å². The summed E-state index contributed by atoms with van der Waals surface area (Å²) in [5, 5.41) is 2.44. The molecule has 1 aliphatic rings. The molecule has 1 N–H and O–H groups in total. The third kappa shape index (κ3) is 2.08. The van der Waals surface area contributed by atoms with E-state index in [9.17, 15) is 0 Å². The van der Waals surface area contributed by atoms with Gasteiger partial charge in [-0.15, -0.1) is 0 Å². The molecule has 19 heavy (non-hydrogen) atoms. The molecule has 102 valence electrons. The molecule has 3 nitrogen and oxygen atoms in total. The van der Waals surface area contributed by atoms with Crippen molar-refractivity contribution in [2.75, 3.05) is 5.01 Å². The Bertz CT molecular complexity index is 645. The number of aryl methyl sites for hydroxylation is 1. The molecular formula is C15H21N3S. The van der Waals surface area contributed by atoms with Gasteiger partial charge in [0.25, 0.3) is 0 Å². The van der Waals surface area contributed by atoms with Gasteiger partial charge in [-0.05, 0) is 69.9 Å². The molecule has 1 aromatic carbocycles. The second-order valence-corrected chi connectivity index (χ2v) is 6.16. The average molecular weight is 275 g/mol. The van der Waals surface area contributed by atoms with E-state index in [0.717, 1.165) is 10.3 Å². The lowest BCUT2D eigenvalue weighted by molar-refractivity contribution is 0.339. The van der Waals surface area contributed by atoms with Crippen LogP contribution in [-0.2, 0) is 0 Å². The molecule has 0 bridgehead atoms. The van der Waals surface area contributed by atoms with Gasteiger partial charge in [-0.3, -0.25) is 0 Å². The Balaban J connectivity index is 2.18. The highest BCUT2D eigenvalue weighted by molar-refractivity contribution is 7.71. The normalized spacial score (nSPS) is 24.1. The number of hydrogen-bond acceptors (Lipinski definition) is 2. The van der Waals surface area contributed by atoms with Crippen molar-refractivity contribution in [1.29, 1.82) is 0 Å². The zero-order valence-electron chi connectivity index (χ0n) is 11.8. The summed E-state index contributed by atoms with van der Waals surface area (Å²) in [5.41, 5.74) is 3.59. The molecule has 4 heteroatoms. The summed E-state index contributed by atoms with van der Waals surface area (Å²) >= 11 is 5.55. The third-order valence-electron chi connectivity index (χ3n) is 4.19. The maximum atomic E-state index is 5.55. The van der Waals surface area contributed by atoms with E-state index in [1.807, 2.05) is 0 Å². The van der Waals surface area contributed by atoms with E-state index in [0.29, 0.717) is 12.1 Å². The fraction of sp³-hybridized carbons (Fsp3) is 0.533. The molecule has 0 saturated carbocycles. The molecule has 0 spiro atoms.